The van der Waals surface area contributed by atoms with Gasteiger partial charge in [0.2, 0.25) is 5.91 Å². The van der Waals surface area contributed by atoms with Crippen molar-refractivity contribution >= 4 is 11.6 Å². The molecule has 0 aromatic heterocycles. The van der Waals surface area contributed by atoms with Crippen molar-refractivity contribution < 1.29 is 14.6 Å². The number of carbonyl (C=O) groups is 1. The van der Waals surface area contributed by atoms with Crippen molar-refractivity contribution in [2.45, 2.75) is 44.2 Å². The van der Waals surface area contributed by atoms with Gasteiger partial charge in [0.15, 0.2) is 0 Å². The summed E-state index contributed by atoms with van der Waals surface area (Å²) in [6.07, 6.45) is 3.65. The summed E-state index contributed by atoms with van der Waals surface area (Å²) in [6, 6.07) is 6.20. The Kier molecular flexibility index (Phi) is 3.87. The summed E-state index contributed by atoms with van der Waals surface area (Å²) < 4.78 is 5.71. The van der Waals surface area contributed by atoms with Crippen LogP contribution >= 0.6 is 0 Å². The van der Waals surface area contributed by atoms with E-state index in [1.807, 2.05) is 18.2 Å². The third-order valence-corrected chi connectivity index (χ3v) is 3.87. The minimum atomic E-state index is -0.882. The molecule has 5 heteroatoms. The molecule has 21 heavy (non-hydrogen) atoms. The highest BCUT2D eigenvalue weighted by molar-refractivity contribution is 5.93. The Bertz CT molecular complexity index is 538. The van der Waals surface area contributed by atoms with Gasteiger partial charge in [-0.05, 0) is 49.9 Å². The van der Waals surface area contributed by atoms with Gasteiger partial charge < -0.3 is 20.5 Å². The molecule has 0 saturated heterocycles. The van der Waals surface area contributed by atoms with E-state index in [0.717, 1.165) is 23.4 Å². The van der Waals surface area contributed by atoms with E-state index in [1.54, 1.807) is 6.92 Å². The van der Waals surface area contributed by atoms with E-state index >= 15 is 0 Å². The Labute approximate surface area is 124 Å². The Hall–Kier alpha value is -1.59. The Balaban J connectivity index is 1.56. The van der Waals surface area contributed by atoms with Crippen LogP contribution in [0.2, 0.25) is 0 Å². The Morgan fingerprint density at radius 2 is 2.24 bits per heavy atom. The molecule has 1 aromatic rings. The minimum Gasteiger partial charge on any atom is -0.491 e. The highest BCUT2D eigenvalue weighted by Crippen LogP contribution is 2.27. The first-order valence-electron chi connectivity index (χ1n) is 7.53. The number of aliphatic hydroxyl groups is 1. The number of nitrogens with one attached hydrogen (secondary N) is 2. The second-order valence-corrected chi connectivity index (χ2v) is 6.31. The SMILES string of the molecule is CC(O)(CNC1CC1)COc1ccc2c(c1)CCC(=O)N2. The minimum absolute atomic E-state index is 0.0604. The van der Waals surface area contributed by atoms with Crippen molar-refractivity contribution in [2.24, 2.45) is 0 Å². The zero-order chi connectivity index (χ0) is 14.9. The van der Waals surface area contributed by atoms with Crippen LogP contribution in [0.4, 0.5) is 5.69 Å². The van der Waals surface area contributed by atoms with Crippen LogP contribution in [0.25, 0.3) is 0 Å². The molecule has 114 valence electrons. The van der Waals surface area contributed by atoms with E-state index in [-0.39, 0.29) is 12.5 Å². The number of hydrogen-bond acceptors (Lipinski definition) is 4. The first kappa shape index (κ1) is 14.4. The van der Waals surface area contributed by atoms with E-state index in [2.05, 4.69) is 10.6 Å². The molecule has 3 rings (SSSR count). The monoisotopic (exact) mass is 290 g/mol. The highest BCUT2D eigenvalue weighted by atomic mass is 16.5. The van der Waals surface area contributed by atoms with Gasteiger partial charge in [0.25, 0.3) is 0 Å². The molecule has 1 amide bonds. The molecule has 1 aliphatic heterocycles. The lowest BCUT2D eigenvalue weighted by Crippen LogP contribution is -2.43. The van der Waals surface area contributed by atoms with Gasteiger partial charge in [0.1, 0.15) is 18.0 Å². The van der Waals surface area contributed by atoms with Gasteiger partial charge in [-0.1, -0.05) is 0 Å². The first-order chi connectivity index (χ1) is 10.0. The van der Waals surface area contributed by atoms with Crippen LogP contribution in [0.5, 0.6) is 5.75 Å². The van der Waals surface area contributed by atoms with Gasteiger partial charge in [-0.2, -0.15) is 0 Å². The molecule has 3 N–H and O–H groups in total. The lowest BCUT2D eigenvalue weighted by molar-refractivity contribution is -0.116. The second kappa shape index (κ2) is 5.66. The first-order valence-corrected chi connectivity index (χ1v) is 7.53. The number of amides is 1. The van der Waals surface area contributed by atoms with Crippen LogP contribution in [0.3, 0.4) is 0 Å². The number of aryl methyl sites for hydroxylation is 1. The van der Waals surface area contributed by atoms with Crippen LogP contribution in [-0.2, 0) is 11.2 Å². The van der Waals surface area contributed by atoms with E-state index in [1.165, 1.54) is 12.8 Å². The molecular weight excluding hydrogens is 268 g/mol. The maximum atomic E-state index is 11.3. The molecule has 1 fully saturated rings. The largest absolute Gasteiger partial charge is 0.491 e. The molecular formula is C16H22N2O3. The average molecular weight is 290 g/mol. The molecule has 1 aliphatic carbocycles. The summed E-state index contributed by atoms with van der Waals surface area (Å²) in [5.41, 5.74) is 1.07. The van der Waals surface area contributed by atoms with E-state index < -0.39 is 5.60 Å². The second-order valence-electron chi connectivity index (χ2n) is 6.31. The van der Waals surface area contributed by atoms with Crippen LogP contribution in [0, 0.1) is 0 Å². The number of benzene rings is 1. The molecule has 1 unspecified atom stereocenters. The molecule has 1 saturated carbocycles. The quantitative estimate of drug-likeness (QED) is 0.741. The summed E-state index contributed by atoms with van der Waals surface area (Å²) in [6.45, 7) is 2.57. The van der Waals surface area contributed by atoms with E-state index in [9.17, 15) is 9.90 Å². The van der Waals surface area contributed by atoms with Gasteiger partial charge in [-0.15, -0.1) is 0 Å². The van der Waals surface area contributed by atoms with Gasteiger partial charge in [-0.25, -0.2) is 0 Å². The van der Waals surface area contributed by atoms with Gasteiger partial charge in [-0.3, -0.25) is 4.79 Å². The van der Waals surface area contributed by atoms with Gasteiger partial charge in [0.05, 0.1) is 0 Å². The number of rotatable bonds is 6. The lowest BCUT2D eigenvalue weighted by Gasteiger charge is -2.24. The number of ether oxygens (including phenoxy) is 1. The summed E-state index contributed by atoms with van der Waals surface area (Å²) in [4.78, 5) is 11.3. The molecule has 0 radical (unpaired) electrons. The number of anilines is 1. The molecule has 2 aliphatic rings. The fourth-order valence-corrected chi connectivity index (χ4v) is 2.39. The number of hydrogen-bond donors (Lipinski definition) is 3. The Morgan fingerprint density at radius 3 is 3.00 bits per heavy atom. The third-order valence-electron chi connectivity index (χ3n) is 3.87. The smallest absolute Gasteiger partial charge is 0.224 e. The third kappa shape index (κ3) is 3.95. The van der Waals surface area contributed by atoms with Crippen LogP contribution in [0.15, 0.2) is 18.2 Å². The van der Waals surface area contributed by atoms with E-state index in [4.69, 9.17) is 4.74 Å². The van der Waals surface area contributed by atoms with Crippen molar-refractivity contribution in [3.63, 3.8) is 0 Å². The predicted octanol–water partition coefficient (Wildman–Crippen LogP) is 1.45. The number of fused-ring (bicyclic) bond motifs is 1. The lowest BCUT2D eigenvalue weighted by atomic mass is 10.0. The van der Waals surface area contributed by atoms with E-state index in [0.29, 0.717) is 19.0 Å². The maximum absolute atomic E-state index is 11.3. The highest BCUT2D eigenvalue weighted by Gasteiger charge is 2.27. The molecule has 0 bridgehead atoms. The van der Waals surface area contributed by atoms with Crippen molar-refractivity contribution in [3.05, 3.63) is 23.8 Å². The fraction of sp³-hybridized carbons (Fsp3) is 0.562. The molecule has 5 nitrogen and oxygen atoms in total. The standard InChI is InChI=1S/C16H22N2O3/c1-16(20,9-17-12-3-4-12)10-21-13-5-6-14-11(8-13)2-7-15(19)18-14/h5-6,8,12,17,20H,2-4,7,9-10H2,1H3,(H,18,19). The zero-order valence-corrected chi connectivity index (χ0v) is 12.3. The summed E-state index contributed by atoms with van der Waals surface area (Å²) in [5.74, 6) is 0.793. The summed E-state index contributed by atoms with van der Waals surface area (Å²) in [5, 5.41) is 16.4. The molecule has 1 heterocycles. The van der Waals surface area contributed by atoms with Crippen molar-refractivity contribution in [2.75, 3.05) is 18.5 Å². The van der Waals surface area contributed by atoms with Crippen LogP contribution in [-0.4, -0.2) is 35.8 Å². The average Bonchev–Trinajstić information content (AvgIpc) is 3.27. The van der Waals surface area contributed by atoms with Gasteiger partial charge in [0, 0.05) is 24.7 Å². The fourth-order valence-electron chi connectivity index (χ4n) is 2.39. The van der Waals surface area contributed by atoms with Crippen molar-refractivity contribution in [1.29, 1.82) is 0 Å². The molecule has 1 atom stereocenters. The van der Waals surface area contributed by atoms with Crippen LogP contribution < -0.4 is 15.4 Å². The molecule has 1 aromatic carbocycles. The summed E-state index contributed by atoms with van der Waals surface area (Å²) in [7, 11) is 0. The topological polar surface area (TPSA) is 70.6 Å². The molecule has 0 spiro atoms. The van der Waals surface area contributed by atoms with Crippen molar-refractivity contribution in [1.82, 2.24) is 5.32 Å². The number of carbonyl (C=O) groups excluding carboxylic acids is 1. The predicted molar refractivity (Wildman–Crippen MR) is 80.5 cm³/mol. The van der Waals surface area contributed by atoms with Crippen molar-refractivity contribution in [3.8, 4) is 5.75 Å². The normalized spacial score (nSPS) is 20.4. The Morgan fingerprint density at radius 1 is 1.43 bits per heavy atom. The summed E-state index contributed by atoms with van der Waals surface area (Å²) >= 11 is 0. The maximum Gasteiger partial charge on any atom is 0.224 e. The van der Waals surface area contributed by atoms with Crippen LogP contribution in [0.1, 0.15) is 31.7 Å². The zero-order valence-electron chi connectivity index (χ0n) is 12.3. The van der Waals surface area contributed by atoms with Gasteiger partial charge >= 0.3 is 0 Å².